The third-order valence-electron chi connectivity index (χ3n) is 4.38. The van der Waals surface area contributed by atoms with Gasteiger partial charge in [-0.05, 0) is 24.1 Å². The molecule has 0 bridgehead atoms. The Labute approximate surface area is 161 Å². The van der Waals surface area contributed by atoms with Crippen molar-refractivity contribution < 1.29 is 13.9 Å². The van der Waals surface area contributed by atoms with E-state index in [0.29, 0.717) is 30.2 Å². The molecule has 1 aliphatic heterocycles. The van der Waals surface area contributed by atoms with E-state index in [4.69, 9.17) is 33.7 Å². The van der Waals surface area contributed by atoms with Crippen molar-refractivity contribution in [3.63, 3.8) is 0 Å². The standard InChI is InChI=1S/C19H19Cl2FN2O2/c20-14-10-15(21)16(22)9-13(14)18-11-24(6-7-26-18)19(25)17(23)8-12-4-2-1-3-5-12/h1-5,9-10,17-18H,6-8,11,23H2/t17-,18?/m0/s1. The summed E-state index contributed by atoms with van der Waals surface area (Å²) in [6.07, 6.45) is -0.0613. The number of amides is 1. The van der Waals surface area contributed by atoms with Gasteiger partial charge in [-0.1, -0.05) is 53.5 Å². The molecule has 0 aromatic heterocycles. The topological polar surface area (TPSA) is 55.6 Å². The van der Waals surface area contributed by atoms with Gasteiger partial charge < -0.3 is 15.4 Å². The fourth-order valence-electron chi connectivity index (χ4n) is 3.01. The van der Waals surface area contributed by atoms with Crippen molar-refractivity contribution in [3.05, 3.63) is 69.5 Å². The van der Waals surface area contributed by atoms with Gasteiger partial charge in [-0.2, -0.15) is 0 Å². The van der Waals surface area contributed by atoms with Crippen LogP contribution in [0.3, 0.4) is 0 Å². The molecule has 1 aliphatic rings. The Hall–Kier alpha value is -1.66. The van der Waals surface area contributed by atoms with Gasteiger partial charge in [0.1, 0.15) is 11.9 Å². The maximum atomic E-state index is 13.8. The number of rotatable bonds is 4. The van der Waals surface area contributed by atoms with Crippen molar-refractivity contribution >= 4 is 29.1 Å². The van der Waals surface area contributed by atoms with Crippen LogP contribution < -0.4 is 5.73 Å². The summed E-state index contributed by atoms with van der Waals surface area (Å²) in [5, 5.41) is 0.261. The fraction of sp³-hybridized carbons (Fsp3) is 0.316. The number of nitrogens with zero attached hydrogens (tertiary/aromatic N) is 1. The maximum Gasteiger partial charge on any atom is 0.240 e. The zero-order chi connectivity index (χ0) is 18.7. The third kappa shape index (κ3) is 4.35. The Morgan fingerprint density at radius 3 is 2.73 bits per heavy atom. The number of benzene rings is 2. The van der Waals surface area contributed by atoms with Crippen molar-refractivity contribution in [1.29, 1.82) is 0 Å². The minimum absolute atomic E-state index is 0.0487. The molecule has 1 saturated heterocycles. The predicted octanol–water partition coefficient (Wildman–Crippen LogP) is 3.60. The molecule has 1 amide bonds. The van der Waals surface area contributed by atoms with Gasteiger partial charge in [0.25, 0.3) is 0 Å². The monoisotopic (exact) mass is 396 g/mol. The second kappa shape index (κ2) is 8.35. The largest absolute Gasteiger partial charge is 0.370 e. The summed E-state index contributed by atoms with van der Waals surface area (Å²) >= 11 is 11.9. The summed E-state index contributed by atoms with van der Waals surface area (Å²) in [7, 11) is 0. The number of morpholine rings is 1. The fourth-order valence-corrected chi connectivity index (χ4v) is 3.52. The first-order valence-corrected chi connectivity index (χ1v) is 9.05. The lowest BCUT2D eigenvalue weighted by atomic mass is 10.0. The van der Waals surface area contributed by atoms with E-state index >= 15 is 0 Å². The quantitative estimate of drug-likeness (QED) is 0.803. The molecule has 1 fully saturated rings. The van der Waals surface area contributed by atoms with Crippen LogP contribution in [0.5, 0.6) is 0 Å². The van der Waals surface area contributed by atoms with E-state index in [1.54, 1.807) is 4.90 Å². The molecule has 26 heavy (non-hydrogen) atoms. The molecule has 4 nitrogen and oxygen atoms in total. The highest BCUT2D eigenvalue weighted by Crippen LogP contribution is 2.32. The highest BCUT2D eigenvalue weighted by molar-refractivity contribution is 6.35. The summed E-state index contributed by atoms with van der Waals surface area (Å²) in [6.45, 7) is 1.03. The SMILES string of the molecule is N[C@@H](Cc1ccccc1)C(=O)N1CCOC(c2cc(F)c(Cl)cc2Cl)C1. The van der Waals surface area contributed by atoms with Crippen LogP contribution >= 0.6 is 23.2 Å². The molecule has 1 heterocycles. The number of hydrogen-bond donors (Lipinski definition) is 1. The molecule has 0 saturated carbocycles. The lowest BCUT2D eigenvalue weighted by Crippen LogP contribution is -2.50. The minimum Gasteiger partial charge on any atom is -0.370 e. The molecule has 7 heteroatoms. The number of carbonyl (C=O) groups excluding carboxylic acids is 1. The first kappa shape index (κ1) is 19.1. The minimum atomic E-state index is -0.645. The third-order valence-corrected chi connectivity index (χ3v) is 5.00. The number of carbonyl (C=O) groups is 1. The Bertz CT molecular complexity index is 789. The smallest absolute Gasteiger partial charge is 0.240 e. The summed E-state index contributed by atoms with van der Waals surface area (Å²) in [6, 6.07) is 11.6. The van der Waals surface area contributed by atoms with Crippen LogP contribution in [0.2, 0.25) is 10.0 Å². The zero-order valence-corrected chi connectivity index (χ0v) is 15.5. The second-order valence-electron chi connectivity index (χ2n) is 6.23. The van der Waals surface area contributed by atoms with Crippen LogP contribution in [0.1, 0.15) is 17.2 Å². The van der Waals surface area contributed by atoms with Gasteiger partial charge in [-0.3, -0.25) is 4.79 Å². The van der Waals surface area contributed by atoms with Gasteiger partial charge in [0, 0.05) is 17.1 Å². The van der Waals surface area contributed by atoms with Crippen LogP contribution in [-0.4, -0.2) is 36.5 Å². The number of halogens is 3. The Kier molecular flexibility index (Phi) is 6.14. The average molecular weight is 397 g/mol. The lowest BCUT2D eigenvalue weighted by Gasteiger charge is -2.35. The molecule has 2 aromatic rings. The van der Waals surface area contributed by atoms with Crippen LogP contribution in [0.4, 0.5) is 4.39 Å². The number of ether oxygens (including phenoxy) is 1. The van der Waals surface area contributed by atoms with Gasteiger partial charge in [0.2, 0.25) is 5.91 Å². The first-order chi connectivity index (χ1) is 12.5. The molecular weight excluding hydrogens is 378 g/mol. The second-order valence-corrected chi connectivity index (χ2v) is 7.04. The van der Waals surface area contributed by atoms with E-state index in [9.17, 15) is 9.18 Å². The summed E-state index contributed by atoms with van der Waals surface area (Å²) < 4.78 is 19.5. The number of hydrogen-bond acceptors (Lipinski definition) is 3. The molecule has 0 radical (unpaired) electrons. The molecular formula is C19H19Cl2FN2O2. The summed E-state index contributed by atoms with van der Waals surface area (Å²) in [5.41, 5.74) is 7.58. The van der Waals surface area contributed by atoms with E-state index in [2.05, 4.69) is 0 Å². The van der Waals surface area contributed by atoms with Gasteiger partial charge in [-0.15, -0.1) is 0 Å². The van der Waals surface area contributed by atoms with Crippen molar-refractivity contribution in [2.75, 3.05) is 19.7 Å². The Balaban J connectivity index is 1.70. The van der Waals surface area contributed by atoms with Gasteiger partial charge in [-0.25, -0.2) is 4.39 Å². The van der Waals surface area contributed by atoms with Crippen LogP contribution in [-0.2, 0) is 16.0 Å². The van der Waals surface area contributed by atoms with E-state index < -0.39 is 18.0 Å². The van der Waals surface area contributed by atoms with Crippen LogP contribution in [0.25, 0.3) is 0 Å². The van der Waals surface area contributed by atoms with Crippen molar-refractivity contribution in [3.8, 4) is 0 Å². The van der Waals surface area contributed by atoms with Crippen molar-refractivity contribution in [2.45, 2.75) is 18.6 Å². The summed E-state index contributed by atoms with van der Waals surface area (Å²) in [4.78, 5) is 14.3. The predicted molar refractivity (Wildman–Crippen MR) is 99.8 cm³/mol. The zero-order valence-electron chi connectivity index (χ0n) is 14.0. The molecule has 0 spiro atoms. The van der Waals surface area contributed by atoms with Gasteiger partial charge >= 0.3 is 0 Å². The van der Waals surface area contributed by atoms with E-state index in [-0.39, 0.29) is 17.5 Å². The highest BCUT2D eigenvalue weighted by Gasteiger charge is 2.30. The molecule has 2 N–H and O–H groups in total. The molecule has 2 atom stereocenters. The highest BCUT2D eigenvalue weighted by atomic mass is 35.5. The molecule has 3 rings (SSSR count). The lowest BCUT2D eigenvalue weighted by molar-refractivity contribution is -0.140. The van der Waals surface area contributed by atoms with Crippen LogP contribution in [0, 0.1) is 5.82 Å². The van der Waals surface area contributed by atoms with Crippen molar-refractivity contribution in [2.24, 2.45) is 5.73 Å². The summed E-state index contributed by atoms with van der Waals surface area (Å²) in [5.74, 6) is -0.730. The molecule has 138 valence electrons. The number of nitrogens with two attached hydrogens (primary N) is 1. The van der Waals surface area contributed by atoms with E-state index in [0.717, 1.165) is 5.56 Å². The maximum absolute atomic E-state index is 13.8. The molecule has 1 unspecified atom stereocenters. The van der Waals surface area contributed by atoms with Gasteiger partial charge in [0.15, 0.2) is 0 Å². The van der Waals surface area contributed by atoms with E-state index in [1.165, 1.54) is 12.1 Å². The molecule has 0 aliphatic carbocycles. The normalized spacial score (nSPS) is 18.6. The van der Waals surface area contributed by atoms with Gasteiger partial charge in [0.05, 0.1) is 24.2 Å². The van der Waals surface area contributed by atoms with Crippen LogP contribution in [0.15, 0.2) is 42.5 Å². The Morgan fingerprint density at radius 2 is 2.00 bits per heavy atom. The van der Waals surface area contributed by atoms with Crippen molar-refractivity contribution in [1.82, 2.24) is 4.90 Å². The average Bonchev–Trinajstić information content (AvgIpc) is 2.65. The Morgan fingerprint density at radius 1 is 1.27 bits per heavy atom. The molecule has 2 aromatic carbocycles. The van der Waals surface area contributed by atoms with E-state index in [1.807, 2.05) is 30.3 Å². The first-order valence-electron chi connectivity index (χ1n) is 8.30.